The maximum absolute atomic E-state index is 12.0. The van der Waals surface area contributed by atoms with E-state index in [2.05, 4.69) is 17.6 Å². The molecule has 5 heteroatoms. The van der Waals surface area contributed by atoms with Crippen LogP contribution in [0.25, 0.3) is 0 Å². The highest BCUT2D eigenvalue weighted by Crippen LogP contribution is 2.17. The molecule has 2 heterocycles. The Morgan fingerprint density at radius 1 is 1.56 bits per heavy atom. The van der Waals surface area contributed by atoms with Gasteiger partial charge in [-0.25, -0.2) is 0 Å². The Morgan fingerprint density at radius 2 is 2.33 bits per heavy atom. The van der Waals surface area contributed by atoms with Crippen LogP contribution in [-0.4, -0.2) is 25.0 Å². The summed E-state index contributed by atoms with van der Waals surface area (Å²) in [5.74, 6) is 0.634. The standard InChI is InChI=1S/C13H20N2OS.ClH/c1-9-5-6-12(17-9)13(16)15-10(2)11-4-3-7-14-8-11;/h5-6,10-11,14H,3-4,7-8H2,1-2H3,(H,15,16);1H. The quantitative estimate of drug-likeness (QED) is 0.898. The Labute approximate surface area is 119 Å². The number of carbonyl (C=O) groups is 1. The van der Waals surface area contributed by atoms with Gasteiger partial charge in [-0.1, -0.05) is 0 Å². The van der Waals surface area contributed by atoms with Crippen molar-refractivity contribution in [3.8, 4) is 0 Å². The fourth-order valence-electron chi connectivity index (χ4n) is 2.26. The average molecular weight is 289 g/mol. The van der Waals surface area contributed by atoms with Gasteiger partial charge >= 0.3 is 0 Å². The van der Waals surface area contributed by atoms with E-state index < -0.39 is 0 Å². The maximum Gasteiger partial charge on any atom is 0.261 e. The van der Waals surface area contributed by atoms with Gasteiger partial charge in [-0.2, -0.15) is 0 Å². The second-order valence-electron chi connectivity index (χ2n) is 4.78. The molecule has 1 aliphatic rings. The molecule has 1 amide bonds. The number of hydrogen-bond donors (Lipinski definition) is 2. The zero-order valence-electron chi connectivity index (χ0n) is 10.9. The molecule has 1 fully saturated rings. The zero-order chi connectivity index (χ0) is 12.3. The molecule has 2 rings (SSSR count). The fourth-order valence-corrected chi connectivity index (χ4v) is 3.03. The lowest BCUT2D eigenvalue weighted by Gasteiger charge is -2.28. The molecule has 2 N–H and O–H groups in total. The molecule has 1 saturated heterocycles. The predicted molar refractivity (Wildman–Crippen MR) is 78.8 cm³/mol. The molecule has 102 valence electrons. The Balaban J connectivity index is 0.00000162. The van der Waals surface area contributed by atoms with Crippen LogP contribution in [0, 0.1) is 12.8 Å². The third-order valence-electron chi connectivity index (χ3n) is 3.37. The smallest absolute Gasteiger partial charge is 0.261 e. The first-order valence-corrected chi connectivity index (χ1v) is 7.06. The normalized spacial score (nSPS) is 20.9. The van der Waals surface area contributed by atoms with Gasteiger partial charge in [0, 0.05) is 10.9 Å². The average Bonchev–Trinajstić information content (AvgIpc) is 2.77. The van der Waals surface area contributed by atoms with Gasteiger partial charge in [-0.05, 0) is 57.8 Å². The number of amides is 1. The highest BCUT2D eigenvalue weighted by molar-refractivity contribution is 7.13. The topological polar surface area (TPSA) is 41.1 Å². The zero-order valence-corrected chi connectivity index (χ0v) is 12.5. The summed E-state index contributed by atoms with van der Waals surface area (Å²) in [5.41, 5.74) is 0. The minimum absolute atomic E-state index is 0. The van der Waals surface area contributed by atoms with Crippen molar-refractivity contribution < 1.29 is 4.79 Å². The van der Waals surface area contributed by atoms with Crippen LogP contribution in [0.2, 0.25) is 0 Å². The van der Waals surface area contributed by atoms with Crippen molar-refractivity contribution in [3.05, 3.63) is 21.9 Å². The summed E-state index contributed by atoms with van der Waals surface area (Å²) < 4.78 is 0. The number of aryl methyl sites for hydroxylation is 1. The van der Waals surface area contributed by atoms with Crippen LogP contribution < -0.4 is 10.6 Å². The summed E-state index contributed by atoms with van der Waals surface area (Å²) in [4.78, 5) is 14.0. The van der Waals surface area contributed by atoms with E-state index in [1.807, 2.05) is 19.1 Å². The molecule has 18 heavy (non-hydrogen) atoms. The molecule has 0 spiro atoms. The molecule has 1 aliphatic heterocycles. The predicted octanol–water partition coefficient (Wildman–Crippen LogP) is 2.60. The Bertz CT molecular complexity index is 388. The summed E-state index contributed by atoms with van der Waals surface area (Å²) in [6, 6.07) is 4.14. The van der Waals surface area contributed by atoms with Crippen LogP contribution in [0.5, 0.6) is 0 Å². The lowest BCUT2D eigenvalue weighted by molar-refractivity contribution is 0.0926. The lowest BCUT2D eigenvalue weighted by atomic mass is 9.93. The van der Waals surface area contributed by atoms with Gasteiger partial charge < -0.3 is 10.6 Å². The van der Waals surface area contributed by atoms with Crippen LogP contribution >= 0.6 is 23.7 Å². The van der Waals surface area contributed by atoms with E-state index in [1.165, 1.54) is 17.7 Å². The van der Waals surface area contributed by atoms with Gasteiger partial charge in [0.15, 0.2) is 0 Å². The number of hydrogen-bond acceptors (Lipinski definition) is 3. The maximum atomic E-state index is 12.0. The van der Waals surface area contributed by atoms with Gasteiger partial charge in [-0.3, -0.25) is 4.79 Å². The molecule has 1 aromatic heterocycles. The molecule has 0 saturated carbocycles. The highest BCUT2D eigenvalue weighted by atomic mass is 35.5. The number of piperidine rings is 1. The number of rotatable bonds is 3. The van der Waals surface area contributed by atoms with Crippen LogP contribution in [0.3, 0.4) is 0 Å². The highest BCUT2D eigenvalue weighted by Gasteiger charge is 2.21. The SMILES string of the molecule is Cc1ccc(C(=O)NC(C)C2CCCNC2)s1.Cl. The van der Waals surface area contributed by atoms with E-state index >= 15 is 0 Å². The molecule has 0 aromatic carbocycles. The summed E-state index contributed by atoms with van der Waals surface area (Å²) >= 11 is 1.56. The number of carbonyl (C=O) groups excluding carboxylic acids is 1. The van der Waals surface area contributed by atoms with Crippen molar-refractivity contribution in [1.29, 1.82) is 0 Å². The van der Waals surface area contributed by atoms with E-state index in [4.69, 9.17) is 0 Å². The lowest BCUT2D eigenvalue weighted by Crippen LogP contribution is -2.44. The van der Waals surface area contributed by atoms with E-state index in [-0.39, 0.29) is 24.4 Å². The first-order valence-electron chi connectivity index (χ1n) is 6.25. The summed E-state index contributed by atoms with van der Waals surface area (Å²) in [5, 5.41) is 6.49. The molecule has 0 aliphatic carbocycles. The Morgan fingerprint density at radius 3 is 2.89 bits per heavy atom. The van der Waals surface area contributed by atoms with Crippen LogP contribution in [0.4, 0.5) is 0 Å². The van der Waals surface area contributed by atoms with Gasteiger partial charge in [0.25, 0.3) is 5.91 Å². The van der Waals surface area contributed by atoms with Crippen LogP contribution in [-0.2, 0) is 0 Å². The molecular weight excluding hydrogens is 268 g/mol. The van der Waals surface area contributed by atoms with Crippen LogP contribution in [0.1, 0.15) is 34.3 Å². The molecule has 1 aromatic rings. The van der Waals surface area contributed by atoms with E-state index in [9.17, 15) is 4.79 Å². The van der Waals surface area contributed by atoms with Gasteiger partial charge in [0.05, 0.1) is 4.88 Å². The molecule has 0 radical (unpaired) electrons. The molecule has 2 atom stereocenters. The first-order chi connectivity index (χ1) is 8.16. The Hall–Kier alpha value is -0.580. The van der Waals surface area contributed by atoms with Gasteiger partial charge in [-0.15, -0.1) is 23.7 Å². The third kappa shape index (κ3) is 3.97. The van der Waals surface area contributed by atoms with Crippen molar-refractivity contribution in [2.24, 2.45) is 5.92 Å². The second kappa shape index (κ2) is 7.12. The number of thiophene rings is 1. The second-order valence-corrected chi connectivity index (χ2v) is 6.07. The van der Waals surface area contributed by atoms with Crippen molar-refractivity contribution in [2.45, 2.75) is 32.7 Å². The minimum atomic E-state index is 0. The third-order valence-corrected chi connectivity index (χ3v) is 4.36. The molecule has 0 bridgehead atoms. The first kappa shape index (κ1) is 15.5. The minimum Gasteiger partial charge on any atom is -0.349 e. The Kier molecular flexibility index (Phi) is 6.12. The number of halogens is 1. The summed E-state index contributed by atoms with van der Waals surface area (Å²) in [6.07, 6.45) is 2.42. The largest absolute Gasteiger partial charge is 0.349 e. The van der Waals surface area contributed by atoms with Crippen molar-refractivity contribution >= 4 is 29.7 Å². The van der Waals surface area contributed by atoms with Crippen LogP contribution in [0.15, 0.2) is 12.1 Å². The van der Waals surface area contributed by atoms with E-state index in [0.717, 1.165) is 18.0 Å². The summed E-state index contributed by atoms with van der Waals surface area (Å²) in [7, 11) is 0. The van der Waals surface area contributed by atoms with Crippen molar-refractivity contribution in [2.75, 3.05) is 13.1 Å². The molecule has 3 nitrogen and oxygen atoms in total. The monoisotopic (exact) mass is 288 g/mol. The van der Waals surface area contributed by atoms with E-state index in [1.54, 1.807) is 11.3 Å². The molecular formula is C13H21ClN2OS. The fraction of sp³-hybridized carbons (Fsp3) is 0.615. The number of nitrogens with one attached hydrogen (secondary N) is 2. The van der Waals surface area contributed by atoms with Gasteiger partial charge in [0.1, 0.15) is 0 Å². The van der Waals surface area contributed by atoms with Gasteiger partial charge in [0.2, 0.25) is 0 Å². The van der Waals surface area contributed by atoms with Crippen molar-refractivity contribution in [3.63, 3.8) is 0 Å². The van der Waals surface area contributed by atoms with E-state index in [0.29, 0.717) is 5.92 Å². The molecule has 2 unspecified atom stereocenters. The van der Waals surface area contributed by atoms with Crippen molar-refractivity contribution in [1.82, 2.24) is 10.6 Å². The summed E-state index contributed by atoms with van der Waals surface area (Å²) in [6.45, 7) is 6.26.